The van der Waals surface area contributed by atoms with E-state index in [4.69, 9.17) is 16.3 Å². The van der Waals surface area contributed by atoms with Crippen molar-refractivity contribution in [3.8, 4) is 0 Å². The Morgan fingerprint density at radius 2 is 1.88 bits per heavy atom. The topological polar surface area (TPSA) is 76.2 Å². The fourth-order valence-electron chi connectivity index (χ4n) is 2.66. The zero-order chi connectivity index (χ0) is 18.9. The Labute approximate surface area is 149 Å². The summed E-state index contributed by atoms with van der Waals surface area (Å²) in [5, 5.41) is -0.101. The van der Waals surface area contributed by atoms with E-state index in [9.17, 15) is 18.8 Å². The molecule has 0 bridgehead atoms. The normalized spacial score (nSPS) is 11.9. The highest BCUT2D eigenvalue weighted by Gasteiger charge is 2.26. The van der Waals surface area contributed by atoms with Gasteiger partial charge in [0.25, 0.3) is 0 Å². The lowest BCUT2D eigenvalue weighted by Crippen LogP contribution is -2.25. The average Bonchev–Trinajstić information content (AvgIpc) is 2.80. The minimum Gasteiger partial charge on any atom is -0.451 e. The second-order valence-corrected chi connectivity index (χ2v) is 6.12. The highest BCUT2D eigenvalue weighted by atomic mass is 35.5. The van der Waals surface area contributed by atoms with E-state index in [0.29, 0.717) is 16.8 Å². The standard InChI is InChI=1S/C18H17ClFNO4/c1-8-15(10(3)22)9(2)21-16(8)17(23)11(4)25-18(24)13-6-5-12(20)7-14(13)19/h5-7,11,21H,1-4H3/t11-/m1/s1. The van der Waals surface area contributed by atoms with Crippen molar-refractivity contribution in [2.45, 2.75) is 33.8 Å². The minimum absolute atomic E-state index is 0.0356. The molecule has 1 aromatic carbocycles. The van der Waals surface area contributed by atoms with Gasteiger partial charge in [0.2, 0.25) is 5.78 Å². The van der Waals surface area contributed by atoms with Crippen LogP contribution in [0.2, 0.25) is 5.02 Å². The molecule has 5 nitrogen and oxygen atoms in total. The van der Waals surface area contributed by atoms with Crippen molar-refractivity contribution in [3.05, 3.63) is 57.1 Å². The predicted octanol–water partition coefficient (Wildman–Crippen LogP) is 4.05. The minimum atomic E-state index is -1.11. The van der Waals surface area contributed by atoms with Gasteiger partial charge in [0.15, 0.2) is 11.9 Å². The van der Waals surface area contributed by atoms with Crippen LogP contribution in [0.1, 0.15) is 56.3 Å². The van der Waals surface area contributed by atoms with Gasteiger partial charge in [0.05, 0.1) is 16.3 Å². The smallest absolute Gasteiger partial charge is 0.340 e. The van der Waals surface area contributed by atoms with Gasteiger partial charge in [-0.1, -0.05) is 11.6 Å². The highest BCUT2D eigenvalue weighted by molar-refractivity contribution is 6.33. The quantitative estimate of drug-likeness (QED) is 0.640. The van der Waals surface area contributed by atoms with Crippen LogP contribution in [0.25, 0.3) is 0 Å². The molecule has 2 aromatic rings. The molecular formula is C18H17ClFNO4. The summed E-state index contributed by atoms with van der Waals surface area (Å²) >= 11 is 5.82. The molecule has 0 amide bonds. The van der Waals surface area contributed by atoms with E-state index in [1.807, 2.05) is 0 Å². The highest BCUT2D eigenvalue weighted by Crippen LogP contribution is 2.22. The number of ketones is 2. The molecule has 132 valence electrons. The number of carbonyl (C=O) groups excluding carboxylic acids is 3. The van der Waals surface area contributed by atoms with E-state index in [-0.39, 0.29) is 22.1 Å². The Kier molecular flexibility index (Phi) is 5.42. The molecule has 25 heavy (non-hydrogen) atoms. The maximum absolute atomic E-state index is 13.1. The summed E-state index contributed by atoms with van der Waals surface area (Å²) in [5.41, 5.74) is 1.72. The van der Waals surface area contributed by atoms with E-state index in [0.717, 1.165) is 12.1 Å². The molecule has 0 aliphatic carbocycles. The molecule has 0 aliphatic rings. The first kappa shape index (κ1) is 18.9. The van der Waals surface area contributed by atoms with Crippen LogP contribution >= 0.6 is 11.6 Å². The van der Waals surface area contributed by atoms with Crippen LogP contribution in [0.5, 0.6) is 0 Å². The van der Waals surface area contributed by atoms with Crippen molar-refractivity contribution in [3.63, 3.8) is 0 Å². The summed E-state index contributed by atoms with van der Waals surface area (Å²) in [6.45, 7) is 6.17. The maximum atomic E-state index is 13.1. The second kappa shape index (κ2) is 7.19. The molecule has 1 heterocycles. The number of rotatable bonds is 5. The van der Waals surface area contributed by atoms with Gasteiger partial charge in [-0.25, -0.2) is 9.18 Å². The van der Waals surface area contributed by atoms with E-state index in [2.05, 4.69) is 4.98 Å². The van der Waals surface area contributed by atoms with Gasteiger partial charge in [-0.15, -0.1) is 0 Å². The lowest BCUT2D eigenvalue weighted by molar-refractivity contribution is 0.0317. The van der Waals surface area contributed by atoms with E-state index < -0.39 is 23.7 Å². The fraction of sp³-hybridized carbons (Fsp3) is 0.278. The van der Waals surface area contributed by atoms with Gasteiger partial charge in [-0.2, -0.15) is 0 Å². The molecule has 0 fully saturated rings. The Morgan fingerprint density at radius 1 is 1.24 bits per heavy atom. The molecule has 7 heteroatoms. The van der Waals surface area contributed by atoms with Crippen molar-refractivity contribution < 1.29 is 23.5 Å². The number of aromatic nitrogens is 1. The predicted molar refractivity (Wildman–Crippen MR) is 90.9 cm³/mol. The number of aryl methyl sites for hydroxylation is 1. The molecule has 0 spiro atoms. The van der Waals surface area contributed by atoms with Gasteiger partial charge in [-0.3, -0.25) is 9.59 Å². The van der Waals surface area contributed by atoms with Gasteiger partial charge in [0.1, 0.15) is 5.82 Å². The summed E-state index contributed by atoms with van der Waals surface area (Å²) in [7, 11) is 0. The lowest BCUT2D eigenvalue weighted by Gasteiger charge is -2.13. The summed E-state index contributed by atoms with van der Waals surface area (Å²) < 4.78 is 18.2. The summed E-state index contributed by atoms with van der Waals surface area (Å²) in [4.78, 5) is 39.2. The van der Waals surface area contributed by atoms with E-state index in [1.165, 1.54) is 19.9 Å². The number of halogens is 2. The van der Waals surface area contributed by atoms with Crippen molar-refractivity contribution in [2.24, 2.45) is 0 Å². The van der Waals surface area contributed by atoms with Gasteiger partial charge < -0.3 is 9.72 Å². The number of H-pyrrole nitrogens is 1. The molecule has 0 aliphatic heterocycles. The Bertz CT molecular complexity index is 872. The van der Waals surface area contributed by atoms with Crippen molar-refractivity contribution in [1.82, 2.24) is 4.98 Å². The van der Waals surface area contributed by atoms with Crippen LogP contribution in [-0.2, 0) is 4.74 Å². The third kappa shape index (κ3) is 3.79. The molecule has 2 rings (SSSR count). The number of esters is 1. The van der Waals surface area contributed by atoms with Crippen LogP contribution in [0.3, 0.4) is 0 Å². The average molecular weight is 366 g/mol. The van der Waals surface area contributed by atoms with Crippen LogP contribution in [0, 0.1) is 19.7 Å². The molecule has 0 saturated heterocycles. The Balaban J connectivity index is 2.22. The number of benzene rings is 1. The number of aromatic amines is 1. The van der Waals surface area contributed by atoms with Crippen LogP contribution in [0.15, 0.2) is 18.2 Å². The van der Waals surface area contributed by atoms with Crippen molar-refractivity contribution in [2.75, 3.05) is 0 Å². The third-order valence-electron chi connectivity index (χ3n) is 3.84. The number of nitrogens with one attached hydrogen (secondary N) is 1. The largest absolute Gasteiger partial charge is 0.451 e. The lowest BCUT2D eigenvalue weighted by atomic mass is 10.0. The first-order valence-corrected chi connectivity index (χ1v) is 7.91. The molecule has 0 saturated carbocycles. The Morgan fingerprint density at radius 3 is 2.40 bits per heavy atom. The maximum Gasteiger partial charge on any atom is 0.340 e. The van der Waals surface area contributed by atoms with Gasteiger partial charge >= 0.3 is 5.97 Å². The van der Waals surface area contributed by atoms with Gasteiger partial charge in [-0.05, 0) is 51.5 Å². The number of hydrogen-bond acceptors (Lipinski definition) is 4. The summed E-state index contributed by atoms with van der Waals surface area (Å²) in [5.74, 6) is -2.05. The third-order valence-corrected chi connectivity index (χ3v) is 4.15. The zero-order valence-electron chi connectivity index (χ0n) is 14.2. The second-order valence-electron chi connectivity index (χ2n) is 5.72. The molecular weight excluding hydrogens is 349 g/mol. The van der Waals surface area contributed by atoms with E-state index >= 15 is 0 Å². The number of Topliss-reactive ketones (excluding diaryl/α,β-unsaturated/α-hetero) is 2. The number of carbonyl (C=O) groups is 3. The monoisotopic (exact) mass is 365 g/mol. The zero-order valence-corrected chi connectivity index (χ0v) is 15.0. The Hall–Kier alpha value is -2.47. The fourth-order valence-corrected chi connectivity index (χ4v) is 2.90. The number of ether oxygens (including phenoxy) is 1. The molecule has 1 atom stereocenters. The first-order chi connectivity index (χ1) is 11.6. The van der Waals surface area contributed by atoms with Crippen molar-refractivity contribution >= 4 is 29.1 Å². The molecule has 1 aromatic heterocycles. The van der Waals surface area contributed by atoms with E-state index in [1.54, 1.807) is 13.8 Å². The molecule has 0 radical (unpaired) electrons. The summed E-state index contributed by atoms with van der Waals surface area (Å²) in [6, 6.07) is 3.25. The SMILES string of the molecule is CC(=O)c1c(C)[nH]c(C(=O)[C@@H](C)OC(=O)c2ccc(F)cc2Cl)c1C. The molecule has 1 N–H and O–H groups in total. The van der Waals surface area contributed by atoms with Crippen LogP contribution in [-0.4, -0.2) is 28.6 Å². The number of hydrogen-bond donors (Lipinski definition) is 1. The summed E-state index contributed by atoms with van der Waals surface area (Å²) in [6.07, 6.45) is -1.11. The van der Waals surface area contributed by atoms with Gasteiger partial charge in [0, 0.05) is 11.3 Å². The van der Waals surface area contributed by atoms with Crippen molar-refractivity contribution in [1.29, 1.82) is 0 Å². The van der Waals surface area contributed by atoms with Crippen LogP contribution in [0.4, 0.5) is 4.39 Å². The molecule has 0 unspecified atom stereocenters. The van der Waals surface area contributed by atoms with Crippen LogP contribution < -0.4 is 0 Å². The first-order valence-electron chi connectivity index (χ1n) is 7.53.